The number of hydrogen-bond donors (Lipinski definition) is 1. The lowest BCUT2D eigenvalue weighted by molar-refractivity contribution is -0.152. The van der Waals surface area contributed by atoms with Crippen molar-refractivity contribution in [3.8, 4) is 0 Å². The summed E-state index contributed by atoms with van der Waals surface area (Å²) >= 11 is 0. The summed E-state index contributed by atoms with van der Waals surface area (Å²) < 4.78 is 6.00. The number of rotatable bonds is 11. The van der Waals surface area contributed by atoms with Gasteiger partial charge in [0.2, 0.25) is 0 Å². The molecule has 0 amide bonds. The van der Waals surface area contributed by atoms with Crippen molar-refractivity contribution in [3.05, 3.63) is 0 Å². The van der Waals surface area contributed by atoms with E-state index < -0.39 is 16.4 Å². The summed E-state index contributed by atoms with van der Waals surface area (Å²) in [6, 6.07) is 0.400. The van der Waals surface area contributed by atoms with Crippen molar-refractivity contribution in [2.75, 3.05) is 6.61 Å². The minimum absolute atomic E-state index is 0.0422. The average Bonchev–Trinajstić information content (AvgIpc) is 2.33. The van der Waals surface area contributed by atoms with Gasteiger partial charge in [0.05, 0.1) is 0 Å². The van der Waals surface area contributed by atoms with Crippen LogP contribution in [0.5, 0.6) is 0 Å². The second kappa shape index (κ2) is 8.30. The first-order chi connectivity index (χ1) is 10.9. The van der Waals surface area contributed by atoms with E-state index >= 15 is 0 Å². The molecule has 0 aromatic rings. The Balaban J connectivity index is 4.90. The van der Waals surface area contributed by atoms with Gasteiger partial charge in [0.25, 0.3) is 0 Å². The van der Waals surface area contributed by atoms with Crippen LogP contribution in [-0.2, 0) is 14.3 Å². The van der Waals surface area contributed by atoms with E-state index in [0.29, 0.717) is 19.1 Å². The number of hydrogen-bond acceptors (Lipinski definition) is 4. The third kappa shape index (κ3) is 8.00. The quantitative estimate of drug-likeness (QED) is 0.591. The molecule has 0 aliphatic heterocycles. The maximum Gasteiger partial charge on any atom is 0.169 e. The molecule has 0 unspecified atom stereocenters. The fourth-order valence-electron chi connectivity index (χ4n) is 3.61. The SMILES string of the molecule is CC(=O)C(C)(C)CC(C)(C)C(=O)C(C)(C)OCCC(C)(C)NC(C)C. The van der Waals surface area contributed by atoms with E-state index in [1.807, 2.05) is 41.5 Å². The zero-order valence-corrected chi connectivity index (χ0v) is 18.4. The molecule has 0 fully saturated rings. The molecule has 0 heterocycles. The Morgan fingerprint density at radius 3 is 1.80 bits per heavy atom. The van der Waals surface area contributed by atoms with Crippen LogP contribution in [0.2, 0.25) is 0 Å². The first kappa shape index (κ1) is 24.3. The topological polar surface area (TPSA) is 55.4 Å². The maximum atomic E-state index is 13.1. The van der Waals surface area contributed by atoms with Crippen LogP contribution in [-0.4, -0.2) is 35.4 Å². The van der Waals surface area contributed by atoms with Gasteiger partial charge in [0.15, 0.2) is 5.78 Å². The van der Waals surface area contributed by atoms with Gasteiger partial charge in [0, 0.05) is 29.0 Å². The molecule has 0 spiro atoms. The summed E-state index contributed by atoms with van der Waals surface area (Å²) in [5, 5.41) is 3.51. The summed E-state index contributed by atoms with van der Waals surface area (Å²) in [5.74, 6) is 0.151. The number of nitrogens with one attached hydrogen (secondary N) is 1. The van der Waals surface area contributed by atoms with Crippen LogP contribution in [0.4, 0.5) is 0 Å². The zero-order chi connectivity index (χ0) is 20.3. The highest BCUT2D eigenvalue weighted by Gasteiger charge is 2.44. The summed E-state index contributed by atoms with van der Waals surface area (Å²) in [7, 11) is 0. The Morgan fingerprint density at radius 1 is 0.920 bits per heavy atom. The lowest BCUT2D eigenvalue weighted by Crippen LogP contribution is -2.48. The Hall–Kier alpha value is -0.740. The molecule has 1 N–H and O–H groups in total. The maximum absolute atomic E-state index is 13.1. The second-order valence-corrected chi connectivity index (χ2v) is 10.1. The van der Waals surface area contributed by atoms with Crippen molar-refractivity contribution in [1.29, 1.82) is 0 Å². The van der Waals surface area contributed by atoms with Gasteiger partial charge < -0.3 is 10.1 Å². The Morgan fingerprint density at radius 2 is 1.40 bits per heavy atom. The Labute approximate surface area is 155 Å². The van der Waals surface area contributed by atoms with Gasteiger partial charge in [-0.2, -0.15) is 0 Å². The van der Waals surface area contributed by atoms with Crippen molar-refractivity contribution in [3.63, 3.8) is 0 Å². The van der Waals surface area contributed by atoms with Gasteiger partial charge >= 0.3 is 0 Å². The van der Waals surface area contributed by atoms with Crippen LogP contribution in [0.25, 0.3) is 0 Å². The van der Waals surface area contributed by atoms with Crippen molar-refractivity contribution in [1.82, 2.24) is 5.32 Å². The standard InChI is InChI=1S/C21H41NO3/c1-15(2)22-20(8,9)12-13-25-21(10,11)17(24)19(6,7)14-18(4,5)16(3)23/h15,22H,12-14H2,1-11H3. The van der Waals surface area contributed by atoms with Crippen LogP contribution in [0, 0.1) is 10.8 Å². The largest absolute Gasteiger partial charge is 0.368 e. The van der Waals surface area contributed by atoms with Crippen LogP contribution in [0.15, 0.2) is 0 Å². The first-order valence-corrected chi connectivity index (χ1v) is 9.41. The molecule has 0 saturated carbocycles. The monoisotopic (exact) mass is 355 g/mol. The molecule has 0 atom stereocenters. The van der Waals surface area contributed by atoms with Gasteiger partial charge in [-0.15, -0.1) is 0 Å². The van der Waals surface area contributed by atoms with Gasteiger partial charge in [0.1, 0.15) is 11.4 Å². The number of carbonyl (C=O) groups is 2. The van der Waals surface area contributed by atoms with Gasteiger partial charge in [-0.05, 0) is 47.5 Å². The molecule has 0 saturated heterocycles. The summed E-state index contributed by atoms with van der Waals surface area (Å²) in [6.45, 7) is 21.9. The van der Waals surface area contributed by atoms with E-state index in [4.69, 9.17) is 4.74 Å². The van der Waals surface area contributed by atoms with Crippen LogP contribution in [0.3, 0.4) is 0 Å². The lowest BCUT2D eigenvalue weighted by atomic mass is 9.68. The predicted octanol–water partition coefficient (Wildman–Crippen LogP) is 4.55. The van der Waals surface area contributed by atoms with E-state index in [0.717, 1.165) is 6.42 Å². The third-order valence-corrected chi connectivity index (χ3v) is 4.87. The fourth-order valence-corrected chi connectivity index (χ4v) is 3.61. The van der Waals surface area contributed by atoms with Crippen molar-refractivity contribution < 1.29 is 14.3 Å². The molecular weight excluding hydrogens is 314 g/mol. The number of ketones is 2. The molecule has 0 rings (SSSR count). The highest BCUT2D eigenvalue weighted by atomic mass is 16.5. The number of ether oxygens (including phenoxy) is 1. The van der Waals surface area contributed by atoms with Crippen molar-refractivity contribution in [2.45, 2.75) is 106 Å². The second-order valence-electron chi connectivity index (χ2n) is 10.1. The highest BCUT2D eigenvalue weighted by Crippen LogP contribution is 2.38. The molecule has 0 aliphatic carbocycles. The van der Waals surface area contributed by atoms with Crippen molar-refractivity contribution in [2.24, 2.45) is 10.8 Å². The number of carbonyl (C=O) groups excluding carboxylic acids is 2. The minimum atomic E-state index is -0.871. The zero-order valence-electron chi connectivity index (χ0n) is 18.4. The van der Waals surface area contributed by atoms with Gasteiger partial charge in [-0.1, -0.05) is 41.5 Å². The van der Waals surface area contributed by atoms with E-state index in [1.165, 1.54) is 0 Å². The molecule has 0 aliphatic rings. The summed E-state index contributed by atoms with van der Waals surface area (Å²) in [6.07, 6.45) is 1.34. The number of Topliss-reactive ketones (excluding diaryl/α,β-unsaturated/α-hetero) is 2. The molecule has 25 heavy (non-hydrogen) atoms. The molecule has 0 aromatic heterocycles. The predicted molar refractivity (Wildman–Crippen MR) is 105 cm³/mol. The van der Waals surface area contributed by atoms with E-state index in [2.05, 4.69) is 33.0 Å². The van der Waals surface area contributed by atoms with Crippen LogP contribution in [0.1, 0.15) is 89.0 Å². The lowest BCUT2D eigenvalue weighted by Gasteiger charge is -2.38. The van der Waals surface area contributed by atoms with Crippen LogP contribution < -0.4 is 5.32 Å². The van der Waals surface area contributed by atoms with Gasteiger partial charge in [-0.3, -0.25) is 9.59 Å². The molecule has 4 heteroatoms. The summed E-state index contributed by atoms with van der Waals surface area (Å²) in [4.78, 5) is 24.9. The van der Waals surface area contributed by atoms with E-state index in [-0.39, 0.29) is 17.1 Å². The summed E-state index contributed by atoms with van der Waals surface area (Å²) in [5.41, 5.74) is -2.05. The molecule has 0 radical (unpaired) electrons. The van der Waals surface area contributed by atoms with E-state index in [9.17, 15) is 9.59 Å². The fraction of sp³-hybridized carbons (Fsp3) is 0.905. The normalized spacial score (nSPS) is 14.1. The van der Waals surface area contributed by atoms with Crippen molar-refractivity contribution >= 4 is 11.6 Å². The molecule has 148 valence electrons. The molecular formula is C21H41NO3. The van der Waals surface area contributed by atoms with Gasteiger partial charge in [-0.25, -0.2) is 0 Å². The first-order valence-electron chi connectivity index (χ1n) is 9.41. The van der Waals surface area contributed by atoms with E-state index in [1.54, 1.807) is 6.92 Å². The Bertz CT molecular complexity index is 474. The molecule has 4 nitrogen and oxygen atoms in total. The Kier molecular flexibility index (Phi) is 8.06. The smallest absolute Gasteiger partial charge is 0.169 e. The highest BCUT2D eigenvalue weighted by molar-refractivity contribution is 5.92. The molecule has 0 aromatic carbocycles. The van der Waals surface area contributed by atoms with Crippen LogP contribution >= 0.6 is 0 Å². The third-order valence-electron chi connectivity index (χ3n) is 4.87. The molecule has 0 bridgehead atoms. The average molecular weight is 356 g/mol. The minimum Gasteiger partial charge on any atom is -0.368 e.